The predicted molar refractivity (Wildman–Crippen MR) is 148 cm³/mol. The van der Waals surface area contributed by atoms with Gasteiger partial charge in [-0.3, -0.25) is 0 Å². The van der Waals surface area contributed by atoms with Crippen LogP contribution in [0.25, 0.3) is 11.1 Å². The zero-order chi connectivity index (χ0) is 27.5. The molecule has 196 valence electrons. The number of nitrogens with one attached hydrogen (secondary N) is 1. The minimum atomic E-state index is -4.00. The van der Waals surface area contributed by atoms with Gasteiger partial charge in [-0.05, 0) is 41.2 Å². The van der Waals surface area contributed by atoms with Gasteiger partial charge in [-0.2, -0.15) is 5.26 Å². The third-order valence-electron chi connectivity index (χ3n) is 5.99. The summed E-state index contributed by atoms with van der Waals surface area (Å²) in [6.07, 6.45) is 7.18. The van der Waals surface area contributed by atoms with Gasteiger partial charge in [-0.25, -0.2) is 28.1 Å². The molecule has 4 rings (SSSR count). The van der Waals surface area contributed by atoms with Gasteiger partial charge < -0.3 is 4.57 Å². The molecule has 38 heavy (non-hydrogen) atoms. The molecule has 0 radical (unpaired) electrons. The van der Waals surface area contributed by atoms with Gasteiger partial charge in [0.15, 0.2) is 0 Å². The maximum atomic E-state index is 13.4. The number of aromatic nitrogens is 4. The van der Waals surface area contributed by atoms with E-state index in [0.29, 0.717) is 18.0 Å². The van der Waals surface area contributed by atoms with Crippen molar-refractivity contribution in [1.29, 1.82) is 5.26 Å². The van der Waals surface area contributed by atoms with Gasteiger partial charge in [0.2, 0.25) is 5.95 Å². The first-order valence-electron chi connectivity index (χ1n) is 12.4. The van der Waals surface area contributed by atoms with Crippen LogP contribution in [-0.4, -0.2) is 27.9 Å². The SMILES string of the molecule is CC(C)Cc1ccc(S(=O)(=O)Nc2ncc(C#N)cn2)c(-c2ccc(Cn3ccnc3C(C)(C)C)cc2)c1. The molecule has 0 aliphatic heterocycles. The number of imidazole rings is 1. The fourth-order valence-electron chi connectivity index (χ4n) is 4.32. The van der Waals surface area contributed by atoms with Crippen molar-refractivity contribution >= 4 is 16.0 Å². The number of benzene rings is 2. The van der Waals surface area contributed by atoms with Gasteiger partial charge in [0, 0.05) is 29.9 Å². The van der Waals surface area contributed by atoms with E-state index in [1.807, 2.05) is 54.9 Å². The standard InChI is InChI=1S/C29H32N6O2S/c1-20(2)14-22-8-11-26(38(36,37)34-28-32-17-23(16-30)18-33-28)25(15-22)24-9-6-21(7-10-24)19-35-13-12-31-27(35)29(3,4)5/h6-13,15,17-18,20H,14,19H2,1-5H3,(H,32,33,34). The van der Waals surface area contributed by atoms with Crippen LogP contribution in [0.3, 0.4) is 0 Å². The van der Waals surface area contributed by atoms with E-state index in [0.717, 1.165) is 28.9 Å². The summed E-state index contributed by atoms with van der Waals surface area (Å²) >= 11 is 0. The first-order valence-corrected chi connectivity index (χ1v) is 13.9. The lowest BCUT2D eigenvalue weighted by atomic mass is 9.95. The van der Waals surface area contributed by atoms with Crippen LogP contribution in [0.1, 0.15) is 57.1 Å². The molecule has 4 aromatic rings. The number of anilines is 1. The molecule has 0 amide bonds. The Labute approximate surface area is 224 Å². The Bertz CT molecular complexity index is 1560. The van der Waals surface area contributed by atoms with Crippen LogP contribution in [0, 0.1) is 17.2 Å². The molecule has 0 aliphatic carbocycles. The maximum absolute atomic E-state index is 13.4. The largest absolute Gasteiger partial charge is 0.330 e. The molecule has 0 unspecified atom stereocenters. The van der Waals surface area contributed by atoms with Crippen molar-refractivity contribution in [3.63, 3.8) is 0 Å². The van der Waals surface area contributed by atoms with E-state index in [1.54, 1.807) is 6.07 Å². The van der Waals surface area contributed by atoms with Crippen LogP contribution in [0.2, 0.25) is 0 Å². The van der Waals surface area contributed by atoms with Crippen molar-refractivity contribution in [3.8, 4) is 17.2 Å². The van der Waals surface area contributed by atoms with Crippen molar-refractivity contribution in [2.75, 3.05) is 4.72 Å². The molecule has 8 nitrogen and oxygen atoms in total. The van der Waals surface area contributed by atoms with Crippen molar-refractivity contribution in [3.05, 3.63) is 89.8 Å². The summed E-state index contributed by atoms with van der Waals surface area (Å²) in [7, 11) is -4.00. The van der Waals surface area contributed by atoms with E-state index >= 15 is 0 Å². The first-order chi connectivity index (χ1) is 18.0. The molecule has 0 bridgehead atoms. The molecule has 9 heteroatoms. The molecule has 2 aromatic carbocycles. The molecule has 2 aromatic heterocycles. The molecule has 0 fully saturated rings. The second-order valence-electron chi connectivity index (χ2n) is 10.8. The average molecular weight is 529 g/mol. The van der Waals surface area contributed by atoms with Gasteiger partial charge in [-0.15, -0.1) is 0 Å². The third-order valence-corrected chi connectivity index (χ3v) is 7.37. The zero-order valence-corrected chi connectivity index (χ0v) is 23.1. The normalized spacial score (nSPS) is 11.9. The highest BCUT2D eigenvalue weighted by Gasteiger charge is 2.22. The van der Waals surface area contributed by atoms with Gasteiger partial charge >= 0.3 is 0 Å². The second kappa shape index (κ2) is 10.8. The van der Waals surface area contributed by atoms with E-state index < -0.39 is 10.0 Å². The smallest absolute Gasteiger partial charge is 0.264 e. The van der Waals surface area contributed by atoms with Crippen LogP contribution in [-0.2, 0) is 28.4 Å². The summed E-state index contributed by atoms with van der Waals surface area (Å²) in [6, 6.07) is 15.3. The first kappa shape index (κ1) is 27.0. The second-order valence-corrected chi connectivity index (χ2v) is 12.4. The maximum Gasteiger partial charge on any atom is 0.264 e. The van der Waals surface area contributed by atoms with Crippen molar-refractivity contribution in [2.45, 2.75) is 57.9 Å². The molecule has 0 atom stereocenters. The lowest BCUT2D eigenvalue weighted by molar-refractivity contribution is 0.511. The Balaban J connectivity index is 1.69. The quantitative estimate of drug-likeness (QED) is 0.320. The fourth-order valence-corrected chi connectivity index (χ4v) is 5.49. The number of rotatable bonds is 8. The zero-order valence-electron chi connectivity index (χ0n) is 22.3. The van der Waals surface area contributed by atoms with Crippen LogP contribution < -0.4 is 4.72 Å². The lowest BCUT2D eigenvalue weighted by Gasteiger charge is -2.20. The Hall–Kier alpha value is -4.03. The Morgan fingerprint density at radius 2 is 1.66 bits per heavy atom. The monoisotopic (exact) mass is 528 g/mol. The number of hydrogen-bond acceptors (Lipinski definition) is 6. The highest BCUT2D eigenvalue weighted by atomic mass is 32.2. The lowest BCUT2D eigenvalue weighted by Crippen LogP contribution is -2.19. The highest BCUT2D eigenvalue weighted by Crippen LogP contribution is 2.31. The van der Waals surface area contributed by atoms with Crippen LogP contribution in [0.4, 0.5) is 5.95 Å². The number of nitrogens with zero attached hydrogens (tertiary/aromatic N) is 5. The molecule has 2 heterocycles. The minimum absolute atomic E-state index is 0.0742. The Morgan fingerprint density at radius 3 is 2.26 bits per heavy atom. The summed E-state index contributed by atoms with van der Waals surface area (Å²) in [6.45, 7) is 11.3. The van der Waals surface area contributed by atoms with E-state index in [-0.39, 0.29) is 21.8 Å². The topological polar surface area (TPSA) is 114 Å². The molecular formula is C29H32N6O2S. The Kier molecular flexibility index (Phi) is 7.65. The molecular weight excluding hydrogens is 496 g/mol. The minimum Gasteiger partial charge on any atom is -0.330 e. The van der Waals surface area contributed by atoms with E-state index in [9.17, 15) is 8.42 Å². The molecule has 0 spiro atoms. The average Bonchev–Trinajstić information content (AvgIpc) is 3.33. The molecule has 0 aliphatic rings. The summed E-state index contributed by atoms with van der Waals surface area (Å²) in [4.78, 5) is 12.6. The molecule has 0 saturated carbocycles. The Morgan fingerprint density at radius 1 is 1.00 bits per heavy atom. The molecule has 1 N–H and O–H groups in total. The third kappa shape index (κ3) is 6.26. The van der Waals surface area contributed by atoms with Crippen LogP contribution in [0.15, 0.2) is 72.1 Å². The van der Waals surface area contributed by atoms with Crippen LogP contribution in [0.5, 0.6) is 0 Å². The summed E-state index contributed by atoms with van der Waals surface area (Å²) in [5, 5.41) is 8.96. The van der Waals surface area contributed by atoms with Crippen molar-refractivity contribution in [2.24, 2.45) is 5.92 Å². The van der Waals surface area contributed by atoms with Crippen LogP contribution >= 0.6 is 0 Å². The number of sulfonamides is 1. The summed E-state index contributed by atoms with van der Waals surface area (Å²) in [5.41, 5.74) is 3.72. The summed E-state index contributed by atoms with van der Waals surface area (Å²) < 4.78 is 31.4. The van der Waals surface area contributed by atoms with Crippen molar-refractivity contribution < 1.29 is 8.42 Å². The van der Waals surface area contributed by atoms with Crippen molar-refractivity contribution in [1.82, 2.24) is 19.5 Å². The highest BCUT2D eigenvalue weighted by molar-refractivity contribution is 7.92. The van der Waals surface area contributed by atoms with E-state index in [1.165, 1.54) is 12.4 Å². The number of hydrogen-bond donors (Lipinski definition) is 1. The summed E-state index contributed by atoms with van der Waals surface area (Å²) in [5.74, 6) is 1.34. The molecule has 0 saturated heterocycles. The van der Waals surface area contributed by atoms with Gasteiger partial charge in [0.05, 0.1) is 22.9 Å². The predicted octanol–water partition coefficient (Wildman–Crippen LogP) is 5.56. The van der Waals surface area contributed by atoms with E-state index in [2.05, 4.69) is 58.9 Å². The fraction of sp³-hybridized carbons (Fsp3) is 0.310. The van der Waals surface area contributed by atoms with Gasteiger partial charge in [0.1, 0.15) is 11.9 Å². The van der Waals surface area contributed by atoms with Gasteiger partial charge in [-0.1, -0.05) is 65.0 Å². The number of nitriles is 1. The van der Waals surface area contributed by atoms with Gasteiger partial charge in [0.25, 0.3) is 10.0 Å². The van der Waals surface area contributed by atoms with E-state index in [4.69, 9.17) is 5.26 Å².